The number of rotatable bonds is 5. The lowest BCUT2D eigenvalue weighted by Crippen LogP contribution is -2.22. The van der Waals surface area contributed by atoms with E-state index in [0.29, 0.717) is 11.4 Å². The van der Waals surface area contributed by atoms with Gasteiger partial charge in [0.1, 0.15) is 5.82 Å². The van der Waals surface area contributed by atoms with Crippen molar-refractivity contribution in [2.45, 2.75) is 13.3 Å². The summed E-state index contributed by atoms with van der Waals surface area (Å²) in [5.41, 5.74) is 7.55. The van der Waals surface area contributed by atoms with Crippen molar-refractivity contribution >= 4 is 23.2 Å². The van der Waals surface area contributed by atoms with Gasteiger partial charge in [0.25, 0.3) is 5.91 Å². The van der Waals surface area contributed by atoms with Crippen molar-refractivity contribution in [2.24, 2.45) is 5.73 Å². The molecule has 0 aliphatic carbocycles. The molecule has 6 heteroatoms. The first-order valence-electron chi connectivity index (χ1n) is 7.23. The Morgan fingerprint density at radius 3 is 2.57 bits per heavy atom. The lowest BCUT2D eigenvalue weighted by Gasteiger charge is -2.12. The third kappa shape index (κ3) is 4.37. The number of nitrogens with one attached hydrogen (secondary N) is 2. The Bertz CT molecular complexity index is 732. The molecule has 0 saturated heterocycles. The van der Waals surface area contributed by atoms with Crippen molar-refractivity contribution in [1.82, 2.24) is 0 Å². The zero-order chi connectivity index (χ0) is 16.8. The Balaban J connectivity index is 2.21. The van der Waals surface area contributed by atoms with Crippen LogP contribution in [-0.4, -0.2) is 18.4 Å². The Morgan fingerprint density at radius 2 is 1.91 bits per heavy atom. The van der Waals surface area contributed by atoms with Gasteiger partial charge in [-0.2, -0.15) is 0 Å². The second kappa shape index (κ2) is 7.51. The predicted molar refractivity (Wildman–Crippen MR) is 87.9 cm³/mol. The molecule has 2 aromatic carbocycles. The molecule has 2 amide bonds. The topological polar surface area (TPSA) is 84.2 Å². The van der Waals surface area contributed by atoms with E-state index in [0.717, 1.165) is 18.1 Å². The molecule has 0 aliphatic heterocycles. The molecule has 0 aliphatic rings. The maximum Gasteiger partial charge on any atom is 0.255 e. The summed E-state index contributed by atoms with van der Waals surface area (Å²) < 4.78 is 13.2. The lowest BCUT2D eigenvalue weighted by atomic mass is 10.1. The summed E-state index contributed by atoms with van der Waals surface area (Å²) in [6, 6.07) is 10.6. The number of carbonyl (C=O) groups is 2. The second-order valence-electron chi connectivity index (χ2n) is 4.94. The highest BCUT2D eigenvalue weighted by molar-refractivity contribution is 6.04. The van der Waals surface area contributed by atoms with Crippen LogP contribution in [0.15, 0.2) is 42.5 Å². The number of carbonyl (C=O) groups excluding carboxylic acids is 2. The van der Waals surface area contributed by atoms with Gasteiger partial charge < -0.3 is 16.4 Å². The van der Waals surface area contributed by atoms with Crippen molar-refractivity contribution in [2.75, 3.05) is 17.2 Å². The Kier molecular flexibility index (Phi) is 5.43. The number of aryl methyl sites for hydroxylation is 1. The van der Waals surface area contributed by atoms with Gasteiger partial charge in [-0.1, -0.05) is 19.1 Å². The highest BCUT2D eigenvalue weighted by Gasteiger charge is 2.10. The predicted octanol–water partition coefficient (Wildman–Crippen LogP) is 2.54. The summed E-state index contributed by atoms with van der Waals surface area (Å²) in [6.07, 6.45) is 0.721. The number of halogens is 1. The second-order valence-corrected chi connectivity index (χ2v) is 4.94. The van der Waals surface area contributed by atoms with Gasteiger partial charge in [0.2, 0.25) is 5.91 Å². The Morgan fingerprint density at radius 1 is 1.13 bits per heavy atom. The molecule has 0 atom stereocenters. The van der Waals surface area contributed by atoms with Crippen LogP contribution in [0.3, 0.4) is 0 Å². The number of hydrogen-bond acceptors (Lipinski definition) is 3. The van der Waals surface area contributed by atoms with E-state index in [9.17, 15) is 14.0 Å². The number of anilines is 2. The van der Waals surface area contributed by atoms with E-state index in [1.54, 1.807) is 12.1 Å². The van der Waals surface area contributed by atoms with E-state index < -0.39 is 11.7 Å². The summed E-state index contributed by atoms with van der Waals surface area (Å²) >= 11 is 0. The molecule has 0 bridgehead atoms. The molecular formula is C17H18FN3O2. The highest BCUT2D eigenvalue weighted by Crippen LogP contribution is 2.22. The molecule has 0 aromatic heterocycles. The normalized spacial score (nSPS) is 10.2. The summed E-state index contributed by atoms with van der Waals surface area (Å²) in [6.45, 7) is 1.83. The quantitative estimate of drug-likeness (QED) is 0.793. The van der Waals surface area contributed by atoms with Crippen LogP contribution in [0.2, 0.25) is 0 Å². The smallest absolute Gasteiger partial charge is 0.255 e. The van der Waals surface area contributed by atoms with E-state index in [1.165, 1.54) is 18.2 Å². The van der Waals surface area contributed by atoms with Gasteiger partial charge in [-0.25, -0.2) is 4.39 Å². The SMILES string of the molecule is CCc1ccc(NC(=O)c2cccc(F)c2)cc1NC(=O)CN. The van der Waals surface area contributed by atoms with Gasteiger partial charge in [-0.05, 0) is 42.3 Å². The van der Waals surface area contributed by atoms with E-state index in [1.807, 2.05) is 13.0 Å². The number of benzene rings is 2. The van der Waals surface area contributed by atoms with Gasteiger partial charge in [-0.15, -0.1) is 0 Å². The molecule has 0 fully saturated rings. The third-order valence-electron chi connectivity index (χ3n) is 3.29. The van der Waals surface area contributed by atoms with Crippen molar-refractivity contribution in [1.29, 1.82) is 0 Å². The molecule has 120 valence electrons. The molecule has 2 rings (SSSR count). The van der Waals surface area contributed by atoms with Gasteiger partial charge in [-0.3, -0.25) is 9.59 Å². The van der Waals surface area contributed by atoms with Gasteiger partial charge in [0.05, 0.1) is 6.54 Å². The maximum absolute atomic E-state index is 13.2. The first-order chi connectivity index (χ1) is 11.0. The zero-order valence-corrected chi connectivity index (χ0v) is 12.7. The standard InChI is InChI=1S/C17H18FN3O2/c1-2-11-6-7-14(9-15(11)21-16(22)10-19)20-17(23)12-4-3-5-13(18)8-12/h3-9H,2,10,19H2,1H3,(H,20,23)(H,21,22). The first kappa shape index (κ1) is 16.6. The fraction of sp³-hybridized carbons (Fsp3) is 0.176. The molecule has 2 aromatic rings. The minimum absolute atomic E-state index is 0.122. The van der Waals surface area contributed by atoms with Crippen LogP contribution < -0.4 is 16.4 Å². The van der Waals surface area contributed by atoms with E-state index >= 15 is 0 Å². The number of hydrogen-bond donors (Lipinski definition) is 3. The fourth-order valence-corrected chi connectivity index (χ4v) is 2.11. The molecule has 5 nitrogen and oxygen atoms in total. The van der Waals surface area contributed by atoms with Crippen molar-refractivity contribution < 1.29 is 14.0 Å². The molecule has 23 heavy (non-hydrogen) atoms. The summed E-state index contributed by atoms with van der Waals surface area (Å²) in [7, 11) is 0. The van der Waals surface area contributed by atoms with Crippen LogP contribution in [0.4, 0.5) is 15.8 Å². The molecular weight excluding hydrogens is 297 g/mol. The average molecular weight is 315 g/mol. The van der Waals surface area contributed by atoms with Crippen LogP contribution >= 0.6 is 0 Å². The molecule has 0 unspecified atom stereocenters. The highest BCUT2D eigenvalue weighted by atomic mass is 19.1. The molecule has 0 heterocycles. The van der Waals surface area contributed by atoms with Gasteiger partial charge in [0, 0.05) is 16.9 Å². The van der Waals surface area contributed by atoms with Crippen molar-refractivity contribution in [3.8, 4) is 0 Å². The van der Waals surface area contributed by atoms with Crippen LogP contribution in [-0.2, 0) is 11.2 Å². The zero-order valence-electron chi connectivity index (χ0n) is 12.7. The first-order valence-corrected chi connectivity index (χ1v) is 7.23. The molecule has 0 radical (unpaired) electrons. The number of nitrogens with two attached hydrogens (primary N) is 1. The van der Waals surface area contributed by atoms with Crippen LogP contribution in [0.1, 0.15) is 22.8 Å². The Labute approximate surface area is 133 Å². The van der Waals surface area contributed by atoms with Crippen LogP contribution in [0, 0.1) is 5.82 Å². The average Bonchev–Trinajstić information content (AvgIpc) is 2.55. The third-order valence-corrected chi connectivity index (χ3v) is 3.29. The van der Waals surface area contributed by atoms with Gasteiger partial charge in [0.15, 0.2) is 0 Å². The molecule has 0 spiro atoms. The Hall–Kier alpha value is -2.73. The van der Waals surface area contributed by atoms with Crippen LogP contribution in [0.5, 0.6) is 0 Å². The molecule has 0 saturated carbocycles. The lowest BCUT2D eigenvalue weighted by molar-refractivity contribution is -0.114. The van der Waals surface area contributed by atoms with Crippen molar-refractivity contribution in [3.63, 3.8) is 0 Å². The molecule has 4 N–H and O–H groups in total. The monoisotopic (exact) mass is 315 g/mol. The summed E-state index contributed by atoms with van der Waals surface area (Å²) in [5, 5.41) is 5.38. The summed E-state index contributed by atoms with van der Waals surface area (Å²) in [5.74, 6) is -1.21. The summed E-state index contributed by atoms with van der Waals surface area (Å²) in [4.78, 5) is 23.6. The van der Waals surface area contributed by atoms with Gasteiger partial charge >= 0.3 is 0 Å². The van der Waals surface area contributed by atoms with E-state index in [2.05, 4.69) is 10.6 Å². The van der Waals surface area contributed by atoms with E-state index in [-0.39, 0.29) is 18.0 Å². The maximum atomic E-state index is 13.2. The number of amides is 2. The minimum atomic E-state index is -0.477. The van der Waals surface area contributed by atoms with Crippen LogP contribution in [0.25, 0.3) is 0 Å². The minimum Gasteiger partial charge on any atom is -0.325 e. The van der Waals surface area contributed by atoms with Crippen molar-refractivity contribution in [3.05, 3.63) is 59.4 Å². The van der Waals surface area contributed by atoms with E-state index in [4.69, 9.17) is 5.73 Å². The largest absolute Gasteiger partial charge is 0.325 e. The fourth-order valence-electron chi connectivity index (χ4n) is 2.11.